The molecule has 184 valence electrons. The number of likely N-dealkylation sites (N-methyl/N-ethyl adjacent to an activating group) is 1. The summed E-state index contributed by atoms with van der Waals surface area (Å²) >= 11 is 0. The van der Waals surface area contributed by atoms with Gasteiger partial charge in [-0.05, 0) is 87.7 Å². The van der Waals surface area contributed by atoms with Crippen LogP contribution in [0.3, 0.4) is 0 Å². The number of ether oxygens (including phenoxy) is 2. The van der Waals surface area contributed by atoms with Gasteiger partial charge in [0.05, 0.1) is 12.7 Å². The molecule has 0 saturated heterocycles. The standard InChI is InChI=1S/C30H36N2O3/c1-22-9-7-8-10-26(22)24-13-16-30(35-18-17-31(2)3)27(20-24)28(33)14-11-23-12-15-29(34-6)25(19-23)21-32(4)5/h7-16,19-20H,17-18,21H2,1-6H3. The molecular formula is C30H36N2O3. The first kappa shape index (κ1) is 26.2. The molecule has 0 fully saturated rings. The zero-order chi connectivity index (χ0) is 25.4. The maximum Gasteiger partial charge on any atom is 0.189 e. The van der Waals surface area contributed by atoms with Gasteiger partial charge >= 0.3 is 0 Å². The molecule has 0 atom stereocenters. The Labute approximate surface area is 209 Å². The van der Waals surface area contributed by atoms with E-state index < -0.39 is 0 Å². The van der Waals surface area contributed by atoms with Crippen molar-refractivity contribution in [2.45, 2.75) is 13.5 Å². The van der Waals surface area contributed by atoms with Crippen LogP contribution >= 0.6 is 0 Å². The summed E-state index contributed by atoms with van der Waals surface area (Å²) in [4.78, 5) is 17.5. The first-order valence-corrected chi connectivity index (χ1v) is 11.8. The van der Waals surface area contributed by atoms with Gasteiger partial charge in [0, 0.05) is 18.7 Å². The molecule has 3 rings (SSSR count). The molecule has 35 heavy (non-hydrogen) atoms. The third-order valence-corrected chi connectivity index (χ3v) is 5.72. The summed E-state index contributed by atoms with van der Waals surface area (Å²) in [7, 11) is 9.71. The summed E-state index contributed by atoms with van der Waals surface area (Å²) in [6.45, 7) is 4.10. The minimum atomic E-state index is -0.0923. The van der Waals surface area contributed by atoms with Crippen molar-refractivity contribution in [1.82, 2.24) is 9.80 Å². The van der Waals surface area contributed by atoms with E-state index in [1.54, 1.807) is 13.2 Å². The van der Waals surface area contributed by atoms with Crippen LogP contribution in [0.2, 0.25) is 0 Å². The van der Waals surface area contributed by atoms with Gasteiger partial charge in [0.1, 0.15) is 18.1 Å². The molecule has 3 aromatic rings. The molecule has 0 radical (unpaired) electrons. The topological polar surface area (TPSA) is 42.0 Å². The Kier molecular flexibility index (Phi) is 9.24. The Morgan fingerprint density at radius 3 is 2.34 bits per heavy atom. The summed E-state index contributed by atoms with van der Waals surface area (Å²) in [6.07, 6.45) is 3.47. The van der Waals surface area contributed by atoms with Crippen LogP contribution in [0.15, 0.2) is 66.7 Å². The molecular weight excluding hydrogens is 436 g/mol. The highest BCUT2D eigenvalue weighted by atomic mass is 16.5. The van der Waals surface area contributed by atoms with Gasteiger partial charge in [0.25, 0.3) is 0 Å². The fourth-order valence-corrected chi connectivity index (χ4v) is 3.88. The zero-order valence-corrected chi connectivity index (χ0v) is 21.7. The predicted molar refractivity (Wildman–Crippen MR) is 144 cm³/mol. The number of hydrogen-bond donors (Lipinski definition) is 0. The highest BCUT2D eigenvalue weighted by Gasteiger charge is 2.14. The summed E-state index contributed by atoms with van der Waals surface area (Å²) in [5.74, 6) is 1.34. The van der Waals surface area contributed by atoms with E-state index >= 15 is 0 Å². The third-order valence-electron chi connectivity index (χ3n) is 5.72. The van der Waals surface area contributed by atoms with Crippen molar-refractivity contribution >= 4 is 11.9 Å². The van der Waals surface area contributed by atoms with Gasteiger partial charge in [0.2, 0.25) is 0 Å². The molecule has 0 heterocycles. The lowest BCUT2D eigenvalue weighted by Gasteiger charge is -2.15. The van der Waals surface area contributed by atoms with Gasteiger partial charge in [-0.3, -0.25) is 4.79 Å². The second kappa shape index (κ2) is 12.3. The molecule has 3 aromatic carbocycles. The quantitative estimate of drug-likeness (QED) is 0.270. The number of hydrogen-bond acceptors (Lipinski definition) is 5. The van der Waals surface area contributed by atoms with Crippen molar-refractivity contribution in [1.29, 1.82) is 0 Å². The second-order valence-corrected chi connectivity index (χ2v) is 9.18. The SMILES string of the molecule is COc1ccc(C=CC(=O)c2cc(-c3ccccc3C)ccc2OCCN(C)C)cc1CN(C)C. The fourth-order valence-electron chi connectivity index (χ4n) is 3.88. The summed E-state index contributed by atoms with van der Waals surface area (Å²) < 4.78 is 11.5. The van der Waals surface area contributed by atoms with Crippen molar-refractivity contribution in [3.05, 3.63) is 89.0 Å². The normalized spacial score (nSPS) is 11.4. The van der Waals surface area contributed by atoms with Crippen molar-refractivity contribution < 1.29 is 14.3 Å². The minimum absolute atomic E-state index is 0.0923. The van der Waals surface area contributed by atoms with E-state index in [0.717, 1.165) is 46.7 Å². The number of rotatable bonds is 11. The molecule has 0 aromatic heterocycles. The molecule has 0 unspecified atom stereocenters. The van der Waals surface area contributed by atoms with Gasteiger partial charge in [-0.15, -0.1) is 0 Å². The first-order valence-electron chi connectivity index (χ1n) is 11.8. The van der Waals surface area contributed by atoms with E-state index in [0.29, 0.717) is 17.9 Å². The number of aryl methyl sites for hydroxylation is 1. The zero-order valence-electron chi connectivity index (χ0n) is 21.7. The molecule has 0 amide bonds. The van der Waals surface area contributed by atoms with Gasteiger partial charge in [-0.1, -0.05) is 42.5 Å². The molecule has 0 aliphatic heterocycles. The fraction of sp³-hybridized carbons (Fsp3) is 0.300. The lowest BCUT2D eigenvalue weighted by atomic mass is 9.97. The molecule has 0 spiro atoms. The van der Waals surface area contributed by atoms with Crippen LogP contribution in [0, 0.1) is 6.92 Å². The molecule has 0 saturated carbocycles. The van der Waals surface area contributed by atoms with E-state index in [1.807, 2.05) is 76.7 Å². The van der Waals surface area contributed by atoms with E-state index in [2.05, 4.69) is 34.9 Å². The van der Waals surface area contributed by atoms with Crippen molar-refractivity contribution in [3.8, 4) is 22.6 Å². The smallest absolute Gasteiger partial charge is 0.189 e. The van der Waals surface area contributed by atoms with E-state index in [-0.39, 0.29) is 5.78 Å². The van der Waals surface area contributed by atoms with E-state index in [1.165, 1.54) is 0 Å². The van der Waals surface area contributed by atoms with Crippen LogP contribution in [-0.2, 0) is 6.54 Å². The molecule has 0 bridgehead atoms. The van der Waals surface area contributed by atoms with Gasteiger partial charge in [0.15, 0.2) is 5.78 Å². The van der Waals surface area contributed by atoms with Crippen molar-refractivity contribution in [2.75, 3.05) is 48.5 Å². The van der Waals surface area contributed by atoms with Gasteiger partial charge < -0.3 is 19.3 Å². The molecule has 5 heteroatoms. The Balaban J connectivity index is 1.93. The van der Waals surface area contributed by atoms with Crippen molar-refractivity contribution in [2.24, 2.45) is 0 Å². The van der Waals surface area contributed by atoms with Crippen molar-refractivity contribution in [3.63, 3.8) is 0 Å². The third kappa shape index (κ3) is 7.28. The Hall–Kier alpha value is -3.41. The molecule has 0 aliphatic rings. The average molecular weight is 473 g/mol. The van der Waals surface area contributed by atoms with Crippen LogP contribution in [-0.4, -0.2) is 64.0 Å². The summed E-state index contributed by atoms with van der Waals surface area (Å²) in [5.41, 5.74) is 5.84. The number of nitrogens with zero attached hydrogens (tertiary/aromatic N) is 2. The Morgan fingerprint density at radius 2 is 1.66 bits per heavy atom. The highest BCUT2D eigenvalue weighted by molar-refractivity contribution is 6.09. The first-order chi connectivity index (χ1) is 16.8. The van der Waals surface area contributed by atoms with Crippen LogP contribution < -0.4 is 9.47 Å². The predicted octanol–water partition coefficient (Wildman–Crippen LogP) is 5.57. The van der Waals surface area contributed by atoms with Gasteiger partial charge in [-0.25, -0.2) is 0 Å². The number of ketones is 1. The maximum absolute atomic E-state index is 13.4. The number of carbonyl (C=O) groups is 1. The number of carbonyl (C=O) groups excluding carboxylic acids is 1. The summed E-state index contributed by atoms with van der Waals surface area (Å²) in [6, 6.07) is 20.0. The lowest BCUT2D eigenvalue weighted by Crippen LogP contribution is -2.20. The monoisotopic (exact) mass is 472 g/mol. The number of methoxy groups -OCH3 is 1. The maximum atomic E-state index is 13.4. The lowest BCUT2D eigenvalue weighted by molar-refractivity contribution is 0.104. The Bertz CT molecular complexity index is 1180. The number of benzene rings is 3. The highest BCUT2D eigenvalue weighted by Crippen LogP contribution is 2.30. The van der Waals surface area contributed by atoms with E-state index in [4.69, 9.17) is 9.47 Å². The van der Waals surface area contributed by atoms with Crippen LogP contribution in [0.4, 0.5) is 0 Å². The molecule has 0 N–H and O–H groups in total. The largest absolute Gasteiger partial charge is 0.496 e. The average Bonchev–Trinajstić information content (AvgIpc) is 2.82. The molecule has 0 aliphatic carbocycles. The van der Waals surface area contributed by atoms with Crippen LogP contribution in [0.25, 0.3) is 17.2 Å². The summed E-state index contributed by atoms with van der Waals surface area (Å²) in [5, 5.41) is 0. The Morgan fingerprint density at radius 1 is 0.914 bits per heavy atom. The number of allylic oxidation sites excluding steroid dienone is 1. The van der Waals surface area contributed by atoms with Crippen LogP contribution in [0.1, 0.15) is 27.0 Å². The minimum Gasteiger partial charge on any atom is -0.496 e. The van der Waals surface area contributed by atoms with Gasteiger partial charge in [-0.2, -0.15) is 0 Å². The second-order valence-electron chi connectivity index (χ2n) is 9.18. The van der Waals surface area contributed by atoms with E-state index in [9.17, 15) is 4.79 Å². The van der Waals surface area contributed by atoms with Crippen LogP contribution in [0.5, 0.6) is 11.5 Å². The molecule has 5 nitrogen and oxygen atoms in total.